The van der Waals surface area contributed by atoms with Crippen molar-refractivity contribution in [2.45, 2.75) is 52.5 Å². The summed E-state index contributed by atoms with van der Waals surface area (Å²) in [5.74, 6) is -0.231. The van der Waals surface area contributed by atoms with E-state index in [1.54, 1.807) is 0 Å². The zero-order chi connectivity index (χ0) is 25.4. The summed E-state index contributed by atoms with van der Waals surface area (Å²) >= 11 is 0. The number of carbonyl (C=O) groups excluding carboxylic acids is 2. The fourth-order valence-corrected chi connectivity index (χ4v) is 4.98. The number of pyridine rings is 1. The first kappa shape index (κ1) is 23.8. The number of rotatable bonds is 5. The van der Waals surface area contributed by atoms with Crippen molar-refractivity contribution in [3.63, 3.8) is 0 Å². The number of amides is 2. The molecule has 0 aliphatic heterocycles. The molecule has 8 nitrogen and oxygen atoms in total. The molecule has 36 heavy (non-hydrogen) atoms. The number of benzene rings is 2. The molecule has 0 saturated heterocycles. The van der Waals surface area contributed by atoms with Crippen molar-refractivity contribution in [1.82, 2.24) is 20.5 Å². The maximum atomic E-state index is 13.0. The maximum absolute atomic E-state index is 13.0. The third-order valence-corrected chi connectivity index (χ3v) is 7.05. The van der Waals surface area contributed by atoms with Crippen LogP contribution >= 0.6 is 0 Å². The molecule has 0 radical (unpaired) electrons. The molecule has 2 aromatic heterocycles. The van der Waals surface area contributed by atoms with Crippen LogP contribution in [0.15, 0.2) is 42.6 Å². The highest BCUT2D eigenvalue weighted by atomic mass is 16.5. The molecule has 1 aliphatic carbocycles. The number of aryl methyl sites for hydroxylation is 1. The Labute approximate surface area is 209 Å². The Balaban J connectivity index is 1.47. The molecule has 2 amide bonds. The molecule has 1 unspecified atom stereocenters. The minimum atomic E-state index is -0.859. The molecule has 5 rings (SSSR count). The average Bonchev–Trinajstić information content (AvgIpc) is 3.34. The van der Waals surface area contributed by atoms with Crippen LogP contribution in [0, 0.1) is 5.41 Å². The Bertz CT molecular complexity index is 1450. The Morgan fingerprint density at radius 3 is 2.50 bits per heavy atom. The van der Waals surface area contributed by atoms with Gasteiger partial charge in [-0.1, -0.05) is 32.9 Å². The first-order valence-electron chi connectivity index (χ1n) is 12.3. The van der Waals surface area contributed by atoms with Gasteiger partial charge in [-0.25, -0.2) is 9.78 Å². The first-order valence-corrected chi connectivity index (χ1v) is 12.3. The van der Waals surface area contributed by atoms with E-state index < -0.39 is 6.09 Å². The lowest BCUT2D eigenvalue weighted by Gasteiger charge is -2.30. The van der Waals surface area contributed by atoms with E-state index in [-0.39, 0.29) is 24.0 Å². The molecule has 1 aliphatic rings. The molecule has 0 bridgehead atoms. The van der Waals surface area contributed by atoms with Gasteiger partial charge in [-0.3, -0.25) is 9.89 Å². The monoisotopic (exact) mass is 485 g/mol. The van der Waals surface area contributed by atoms with Crippen LogP contribution in [0.5, 0.6) is 0 Å². The van der Waals surface area contributed by atoms with Gasteiger partial charge in [-0.15, -0.1) is 0 Å². The minimum absolute atomic E-state index is 0.0136. The molecule has 0 saturated carbocycles. The van der Waals surface area contributed by atoms with Gasteiger partial charge in [0.05, 0.1) is 29.0 Å². The smallest absolute Gasteiger partial charge is 0.404 e. The Hall–Kier alpha value is -3.94. The lowest BCUT2D eigenvalue weighted by Crippen LogP contribution is -2.47. The summed E-state index contributed by atoms with van der Waals surface area (Å²) in [6.45, 7) is 5.92. The quantitative estimate of drug-likeness (QED) is 0.371. The van der Waals surface area contributed by atoms with Crippen molar-refractivity contribution in [3.8, 4) is 11.3 Å². The predicted octanol–water partition coefficient (Wildman–Crippen LogP) is 4.90. The summed E-state index contributed by atoms with van der Waals surface area (Å²) in [5, 5.41) is 12.6. The van der Waals surface area contributed by atoms with E-state index in [0.717, 1.165) is 53.4 Å². The highest BCUT2D eigenvalue weighted by Gasteiger charge is 2.28. The van der Waals surface area contributed by atoms with Crippen LogP contribution in [0.2, 0.25) is 0 Å². The van der Waals surface area contributed by atoms with E-state index in [1.165, 1.54) is 16.5 Å². The van der Waals surface area contributed by atoms with Crippen molar-refractivity contribution in [2.24, 2.45) is 11.1 Å². The number of ether oxygens (including phenoxy) is 1. The van der Waals surface area contributed by atoms with Crippen LogP contribution in [0.4, 0.5) is 4.79 Å². The number of primary amides is 1. The van der Waals surface area contributed by atoms with Gasteiger partial charge in [0.15, 0.2) is 0 Å². The fourth-order valence-electron chi connectivity index (χ4n) is 4.98. The summed E-state index contributed by atoms with van der Waals surface area (Å²) in [7, 11) is 0. The van der Waals surface area contributed by atoms with E-state index in [2.05, 4.69) is 21.6 Å². The van der Waals surface area contributed by atoms with Crippen LogP contribution < -0.4 is 11.1 Å². The maximum Gasteiger partial charge on any atom is 0.404 e. The molecule has 8 heteroatoms. The van der Waals surface area contributed by atoms with Gasteiger partial charge in [0.1, 0.15) is 6.61 Å². The summed E-state index contributed by atoms with van der Waals surface area (Å²) in [5.41, 5.74) is 11.9. The molecule has 2 heterocycles. The molecule has 0 spiro atoms. The number of nitrogens with zero attached hydrogens (tertiary/aromatic N) is 2. The van der Waals surface area contributed by atoms with Gasteiger partial charge >= 0.3 is 6.09 Å². The van der Waals surface area contributed by atoms with Gasteiger partial charge in [-0.05, 0) is 66.5 Å². The van der Waals surface area contributed by atoms with Crippen LogP contribution in [-0.2, 0) is 17.6 Å². The van der Waals surface area contributed by atoms with Crippen molar-refractivity contribution >= 4 is 33.8 Å². The van der Waals surface area contributed by atoms with Crippen molar-refractivity contribution in [1.29, 1.82) is 0 Å². The number of carbonyl (C=O) groups is 2. The fraction of sp³-hybridized carbons (Fsp3) is 0.357. The lowest BCUT2D eigenvalue weighted by molar-refractivity contribution is 0.0804. The minimum Gasteiger partial charge on any atom is -0.448 e. The number of hydrogen-bond acceptors (Lipinski definition) is 5. The zero-order valence-corrected chi connectivity index (χ0v) is 20.9. The molecule has 1 atom stereocenters. The molecule has 4 aromatic rings. The first-order chi connectivity index (χ1) is 17.2. The third-order valence-electron chi connectivity index (χ3n) is 7.05. The number of fused-ring (bicyclic) bond motifs is 5. The molecule has 186 valence electrons. The Kier molecular flexibility index (Phi) is 6.12. The van der Waals surface area contributed by atoms with Crippen molar-refractivity contribution < 1.29 is 14.3 Å². The zero-order valence-electron chi connectivity index (χ0n) is 20.9. The number of H-pyrrole nitrogens is 1. The number of aromatic nitrogens is 3. The average molecular weight is 486 g/mol. The van der Waals surface area contributed by atoms with Crippen molar-refractivity contribution in [3.05, 3.63) is 59.3 Å². The van der Waals surface area contributed by atoms with Crippen LogP contribution in [-0.4, -0.2) is 39.8 Å². The molecular formula is C28H31N5O3. The summed E-state index contributed by atoms with van der Waals surface area (Å²) < 4.78 is 4.96. The van der Waals surface area contributed by atoms with Gasteiger partial charge in [0, 0.05) is 21.9 Å². The predicted molar refractivity (Wildman–Crippen MR) is 140 cm³/mol. The highest BCUT2D eigenvalue weighted by Crippen LogP contribution is 2.37. The summed E-state index contributed by atoms with van der Waals surface area (Å²) in [6, 6.07) is 11.3. The standard InChI is InChI=1S/C28H31N5O3/c1-28(2,3)23(15-36-27(29)35)32-26(34)17-10-8-16(9-11-17)25-19-7-5-4-6-18(19)24-20-14-30-33-21(20)12-13-22(24)31-25/h8-14,23H,4-7,15H2,1-3H3,(H2,29,35)(H,30,33)(H,32,34). The second kappa shape index (κ2) is 9.26. The van der Waals surface area contributed by atoms with Gasteiger partial charge in [0.25, 0.3) is 5.91 Å². The number of aromatic amines is 1. The van der Waals surface area contributed by atoms with E-state index in [4.69, 9.17) is 15.5 Å². The number of hydrogen-bond donors (Lipinski definition) is 3. The summed E-state index contributed by atoms with van der Waals surface area (Å²) in [6.07, 6.45) is 5.33. The number of nitrogens with two attached hydrogens (primary N) is 1. The van der Waals surface area contributed by atoms with E-state index in [0.29, 0.717) is 5.56 Å². The van der Waals surface area contributed by atoms with Gasteiger partial charge < -0.3 is 15.8 Å². The van der Waals surface area contributed by atoms with E-state index in [9.17, 15) is 9.59 Å². The lowest BCUT2D eigenvalue weighted by atomic mass is 9.85. The highest BCUT2D eigenvalue weighted by molar-refractivity contribution is 6.07. The Morgan fingerprint density at radius 1 is 1.08 bits per heavy atom. The van der Waals surface area contributed by atoms with E-state index in [1.807, 2.05) is 57.3 Å². The third kappa shape index (κ3) is 4.51. The van der Waals surface area contributed by atoms with Crippen LogP contribution in [0.1, 0.15) is 55.1 Å². The summed E-state index contributed by atoms with van der Waals surface area (Å²) in [4.78, 5) is 29.1. The molecule has 2 aromatic carbocycles. The number of nitrogens with one attached hydrogen (secondary N) is 2. The molecule has 0 fully saturated rings. The molecule has 4 N–H and O–H groups in total. The molecular weight excluding hydrogens is 454 g/mol. The van der Waals surface area contributed by atoms with E-state index >= 15 is 0 Å². The Morgan fingerprint density at radius 2 is 1.81 bits per heavy atom. The normalized spacial score (nSPS) is 14.4. The second-order valence-corrected chi connectivity index (χ2v) is 10.5. The van der Waals surface area contributed by atoms with Crippen LogP contribution in [0.25, 0.3) is 33.1 Å². The largest absolute Gasteiger partial charge is 0.448 e. The van der Waals surface area contributed by atoms with Crippen molar-refractivity contribution in [2.75, 3.05) is 6.61 Å². The van der Waals surface area contributed by atoms with Crippen LogP contribution in [0.3, 0.4) is 0 Å². The second-order valence-electron chi connectivity index (χ2n) is 10.5. The van der Waals surface area contributed by atoms with Gasteiger partial charge in [-0.2, -0.15) is 5.10 Å². The van der Waals surface area contributed by atoms with Gasteiger partial charge in [0.2, 0.25) is 0 Å². The topological polar surface area (TPSA) is 123 Å². The SMILES string of the molecule is CC(C)(C)C(COC(N)=O)NC(=O)c1ccc(-c2nc3ccc4[nH]ncc4c3c3c2CCCC3)cc1.